The smallest absolute Gasteiger partial charge is 0.246 e. The summed E-state index contributed by atoms with van der Waals surface area (Å²) in [5.41, 5.74) is 2.33. The monoisotopic (exact) mass is 538 g/mol. The number of Topliss-reactive ketones (excluding diaryl/α,β-unsaturated/α-hetero) is 1. The van der Waals surface area contributed by atoms with Gasteiger partial charge in [0.25, 0.3) is 0 Å². The number of methoxy groups -OCH3 is 1. The number of nitro groups is 1. The highest BCUT2D eigenvalue weighted by atomic mass is 35.5. The summed E-state index contributed by atoms with van der Waals surface area (Å²) in [6, 6.07) is 33.1. The van der Waals surface area contributed by atoms with Crippen molar-refractivity contribution in [1.29, 1.82) is 0 Å². The highest BCUT2D eigenvalue weighted by molar-refractivity contribution is 6.30. The number of carbonyl (C=O) groups is 1. The fourth-order valence-corrected chi connectivity index (χ4v) is 6.84. The van der Waals surface area contributed by atoms with E-state index >= 15 is 0 Å². The topological polar surface area (TPSA) is 72.7 Å². The highest BCUT2D eigenvalue weighted by Crippen LogP contribution is 2.65. The lowest BCUT2D eigenvalue weighted by Gasteiger charge is -2.66. The van der Waals surface area contributed by atoms with E-state index in [-0.39, 0.29) is 23.3 Å². The minimum atomic E-state index is -1.31. The van der Waals surface area contributed by atoms with Crippen LogP contribution in [-0.2, 0) is 4.79 Å². The number of hydrogen-bond donors (Lipinski definition) is 0. The number of ether oxygens (including phenoxy) is 1. The van der Waals surface area contributed by atoms with Gasteiger partial charge in [-0.2, -0.15) is 0 Å². The average molecular weight is 539 g/mol. The Kier molecular flexibility index (Phi) is 6.45. The fourth-order valence-electron chi connectivity index (χ4n) is 6.72. The molecule has 39 heavy (non-hydrogen) atoms. The van der Waals surface area contributed by atoms with Crippen LogP contribution < -0.4 is 4.74 Å². The second-order valence-electron chi connectivity index (χ2n) is 10.2. The summed E-state index contributed by atoms with van der Waals surface area (Å²) in [4.78, 5) is 28.6. The molecule has 1 heterocycles. The van der Waals surface area contributed by atoms with Crippen molar-refractivity contribution in [3.63, 3.8) is 0 Å². The van der Waals surface area contributed by atoms with Crippen LogP contribution in [0.5, 0.6) is 5.75 Å². The standard InChI is InChI=1S/C32H27ClN2O4/c1-39-26-18-14-22(15-19-26)29-28(21-12-16-25(33)17-13-21)31(35(37)38)32(29)27(36)20-34(32)30(23-8-4-2-5-9-23)24-10-6-3-7-11-24/h2-19,28-31H,20H2,1H3/t28-,29-,31+,32+/m1/s1. The van der Waals surface area contributed by atoms with Gasteiger partial charge < -0.3 is 4.74 Å². The summed E-state index contributed by atoms with van der Waals surface area (Å²) in [5.74, 6) is -0.364. The number of likely N-dealkylation sites (tertiary alicyclic amines) is 1. The number of benzene rings is 4. The third-order valence-electron chi connectivity index (χ3n) is 8.36. The van der Waals surface area contributed by atoms with E-state index < -0.39 is 23.4 Å². The van der Waals surface area contributed by atoms with Crippen molar-refractivity contribution in [3.8, 4) is 5.75 Å². The molecule has 1 saturated carbocycles. The molecule has 6 rings (SSSR count). The Labute approximate surface area is 232 Å². The molecule has 6 nitrogen and oxygen atoms in total. The number of ketones is 1. The maximum atomic E-state index is 13.9. The second kappa shape index (κ2) is 9.95. The van der Waals surface area contributed by atoms with E-state index in [9.17, 15) is 14.9 Å². The summed E-state index contributed by atoms with van der Waals surface area (Å²) < 4.78 is 5.37. The maximum absolute atomic E-state index is 13.9. The molecule has 4 atom stereocenters. The van der Waals surface area contributed by atoms with E-state index in [1.54, 1.807) is 19.2 Å². The number of rotatable bonds is 7. The molecule has 1 spiro atoms. The number of nitrogens with zero attached hydrogens (tertiary/aromatic N) is 2. The van der Waals surface area contributed by atoms with Gasteiger partial charge in [-0.05, 0) is 46.5 Å². The Balaban J connectivity index is 1.55. The molecular formula is C32H27ClN2O4. The molecule has 196 valence electrons. The van der Waals surface area contributed by atoms with Crippen molar-refractivity contribution in [1.82, 2.24) is 4.90 Å². The Hall–Kier alpha value is -4.00. The minimum absolute atomic E-state index is 0.105. The average Bonchev–Trinajstić information content (AvgIpc) is 2.95. The number of halogens is 1. The highest BCUT2D eigenvalue weighted by Gasteiger charge is 2.80. The third kappa shape index (κ3) is 3.94. The zero-order valence-electron chi connectivity index (χ0n) is 21.3. The molecule has 0 unspecified atom stereocenters. The molecule has 0 radical (unpaired) electrons. The molecule has 0 bridgehead atoms. The van der Waals surface area contributed by atoms with Crippen LogP contribution in [0.2, 0.25) is 5.02 Å². The number of carbonyl (C=O) groups excluding carboxylic acids is 1. The zero-order valence-corrected chi connectivity index (χ0v) is 22.1. The summed E-state index contributed by atoms with van der Waals surface area (Å²) in [6.45, 7) is 0.138. The molecule has 1 aliphatic carbocycles. The van der Waals surface area contributed by atoms with Crippen molar-refractivity contribution in [2.75, 3.05) is 13.7 Å². The quantitative estimate of drug-likeness (QED) is 0.204. The lowest BCUT2D eigenvalue weighted by molar-refractivity contribution is -0.564. The van der Waals surface area contributed by atoms with Gasteiger partial charge in [0.2, 0.25) is 6.04 Å². The van der Waals surface area contributed by atoms with E-state index in [1.165, 1.54) is 0 Å². The first-order chi connectivity index (χ1) is 19.0. The van der Waals surface area contributed by atoms with Crippen LogP contribution in [0.25, 0.3) is 0 Å². The second-order valence-corrected chi connectivity index (χ2v) is 10.6. The van der Waals surface area contributed by atoms with Crippen molar-refractivity contribution < 1.29 is 14.5 Å². The summed E-state index contributed by atoms with van der Waals surface area (Å²) >= 11 is 6.17. The Morgan fingerprint density at radius 2 is 1.41 bits per heavy atom. The van der Waals surface area contributed by atoms with Gasteiger partial charge in [0.05, 0.1) is 25.6 Å². The number of hydrogen-bond acceptors (Lipinski definition) is 5. The molecule has 4 aromatic carbocycles. The summed E-state index contributed by atoms with van der Waals surface area (Å²) in [7, 11) is 1.60. The fraction of sp³-hybridized carbons (Fsp3) is 0.219. The molecule has 1 aliphatic heterocycles. The zero-order chi connectivity index (χ0) is 27.1. The lowest BCUT2D eigenvalue weighted by atomic mass is 9.46. The van der Waals surface area contributed by atoms with Gasteiger partial charge in [0.1, 0.15) is 5.75 Å². The SMILES string of the molecule is COc1ccc([C@@H]2[C@@H](c3ccc(Cl)cc3)[C@H]([N+](=O)[O-])[C@]23C(=O)CN3C(c2ccccc2)c2ccccc2)cc1. The van der Waals surface area contributed by atoms with E-state index in [1.807, 2.05) is 97.1 Å². The van der Waals surface area contributed by atoms with Crippen LogP contribution in [-0.4, -0.2) is 40.8 Å². The molecule has 0 amide bonds. The molecule has 1 saturated heterocycles. The maximum Gasteiger partial charge on any atom is 0.246 e. The molecule has 4 aromatic rings. The molecule has 2 aliphatic rings. The van der Waals surface area contributed by atoms with Crippen LogP contribution in [0.15, 0.2) is 109 Å². The first kappa shape index (κ1) is 25.3. The van der Waals surface area contributed by atoms with Crippen molar-refractivity contribution in [2.24, 2.45) is 0 Å². The van der Waals surface area contributed by atoms with Gasteiger partial charge >= 0.3 is 0 Å². The van der Waals surface area contributed by atoms with Gasteiger partial charge in [-0.15, -0.1) is 0 Å². The minimum Gasteiger partial charge on any atom is -0.497 e. The predicted octanol–water partition coefficient (Wildman–Crippen LogP) is 6.29. The molecular weight excluding hydrogens is 512 g/mol. The van der Waals surface area contributed by atoms with E-state index in [0.717, 1.165) is 22.3 Å². The van der Waals surface area contributed by atoms with Gasteiger partial charge in [-0.1, -0.05) is 96.5 Å². The van der Waals surface area contributed by atoms with Crippen LogP contribution in [0.3, 0.4) is 0 Å². The first-order valence-electron chi connectivity index (χ1n) is 12.9. The first-order valence-corrected chi connectivity index (χ1v) is 13.3. The largest absolute Gasteiger partial charge is 0.497 e. The molecule has 2 fully saturated rings. The van der Waals surface area contributed by atoms with Crippen LogP contribution in [0.4, 0.5) is 0 Å². The van der Waals surface area contributed by atoms with Crippen molar-refractivity contribution >= 4 is 17.4 Å². The Morgan fingerprint density at radius 1 is 0.872 bits per heavy atom. The predicted molar refractivity (Wildman–Crippen MR) is 150 cm³/mol. The van der Waals surface area contributed by atoms with Crippen LogP contribution in [0.1, 0.15) is 40.1 Å². The molecule has 0 aromatic heterocycles. The molecule has 0 N–H and O–H groups in total. The summed E-state index contributed by atoms with van der Waals surface area (Å²) in [5, 5.41) is 13.4. The van der Waals surface area contributed by atoms with Crippen molar-refractivity contribution in [2.45, 2.75) is 29.5 Å². The van der Waals surface area contributed by atoms with Gasteiger partial charge in [0.15, 0.2) is 11.3 Å². The van der Waals surface area contributed by atoms with Gasteiger partial charge in [-0.25, -0.2) is 0 Å². The van der Waals surface area contributed by atoms with E-state index in [0.29, 0.717) is 10.8 Å². The van der Waals surface area contributed by atoms with Gasteiger partial charge in [-0.3, -0.25) is 19.8 Å². The lowest BCUT2D eigenvalue weighted by Crippen LogP contribution is -2.85. The third-order valence-corrected chi connectivity index (χ3v) is 8.61. The van der Waals surface area contributed by atoms with Crippen LogP contribution >= 0.6 is 11.6 Å². The van der Waals surface area contributed by atoms with E-state index in [4.69, 9.17) is 16.3 Å². The summed E-state index contributed by atoms with van der Waals surface area (Å²) in [6.07, 6.45) is 0. The van der Waals surface area contributed by atoms with Crippen molar-refractivity contribution in [3.05, 3.63) is 147 Å². The van der Waals surface area contributed by atoms with Gasteiger partial charge in [0, 0.05) is 15.9 Å². The molecule has 7 heteroatoms. The van der Waals surface area contributed by atoms with Crippen LogP contribution in [0, 0.1) is 10.1 Å². The van der Waals surface area contributed by atoms with E-state index in [2.05, 4.69) is 4.90 Å². The Morgan fingerprint density at radius 3 is 1.90 bits per heavy atom. The normalized spacial score (nSPS) is 24.3. The Bertz CT molecular complexity index is 1460.